The van der Waals surface area contributed by atoms with E-state index in [1.54, 1.807) is 42.5 Å². The Morgan fingerprint density at radius 1 is 1.08 bits per heavy atom. The molecule has 0 bridgehead atoms. The Balaban J connectivity index is 1.90. The van der Waals surface area contributed by atoms with Crippen LogP contribution in [0.3, 0.4) is 0 Å². The van der Waals surface area contributed by atoms with Gasteiger partial charge in [0.2, 0.25) is 15.9 Å². The Labute approximate surface area is 153 Å². The fourth-order valence-electron chi connectivity index (χ4n) is 2.17. The van der Waals surface area contributed by atoms with E-state index in [-0.39, 0.29) is 18.0 Å². The zero-order valence-corrected chi connectivity index (χ0v) is 15.7. The molecular weight excluding hydrogens is 360 g/mol. The van der Waals surface area contributed by atoms with Crippen LogP contribution in [0.1, 0.15) is 30.9 Å². The third-order valence-corrected chi connectivity index (χ3v) is 5.50. The minimum atomic E-state index is -3.73. The standard InChI is InChI=1S/C18H21ClN2O3S/c1-13(2)14-7-9-16(10-8-14)25(23,24)21-12-18(22)20-11-15-5-3-4-6-17(15)19/h3-10,13,21H,11-12H2,1-2H3,(H,20,22). The predicted octanol–water partition coefficient (Wildman–Crippen LogP) is 3.06. The molecule has 0 saturated carbocycles. The second-order valence-corrected chi connectivity index (χ2v) is 8.09. The van der Waals surface area contributed by atoms with Crippen LogP contribution in [0.15, 0.2) is 53.4 Å². The predicted molar refractivity (Wildman–Crippen MR) is 99.0 cm³/mol. The third-order valence-electron chi connectivity index (χ3n) is 3.71. The molecule has 0 aliphatic rings. The van der Waals surface area contributed by atoms with Crippen molar-refractivity contribution in [3.63, 3.8) is 0 Å². The number of carbonyl (C=O) groups is 1. The van der Waals surface area contributed by atoms with Crippen molar-refractivity contribution in [2.75, 3.05) is 6.54 Å². The van der Waals surface area contributed by atoms with E-state index in [4.69, 9.17) is 11.6 Å². The second-order valence-electron chi connectivity index (χ2n) is 5.92. The van der Waals surface area contributed by atoms with Crippen LogP contribution in [0.25, 0.3) is 0 Å². The molecule has 0 saturated heterocycles. The van der Waals surface area contributed by atoms with Gasteiger partial charge in [0, 0.05) is 11.6 Å². The van der Waals surface area contributed by atoms with Gasteiger partial charge in [0.15, 0.2) is 0 Å². The lowest BCUT2D eigenvalue weighted by Gasteiger charge is -2.10. The first-order valence-corrected chi connectivity index (χ1v) is 9.75. The molecule has 0 spiro atoms. The summed E-state index contributed by atoms with van der Waals surface area (Å²) in [7, 11) is -3.73. The number of nitrogens with one attached hydrogen (secondary N) is 2. The van der Waals surface area contributed by atoms with Crippen molar-refractivity contribution in [1.29, 1.82) is 0 Å². The Kier molecular flexibility index (Phi) is 6.58. The molecule has 2 rings (SSSR count). The zero-order chi connectivity index (χ0) is 18.4. The minimum Gasteiger partial charge on any atom is -0.351 e. The molecular formula is C18H21ClN2O3S. The number of hydrogen-bond donors (Lipinski definition) is 2. The summed E-state index contributed by atoms with van der Waals surface area (Å²) in [6.45, 7) is 3.97. The monoisotopic (exact) mass is 380 g/mol. The van der Waals surface area contributed by atoms with Gasteiger partial charge in [0.25, 0.3) is 0 Å². The summed E-state index contributed by atoms with van der Waals surface area (Å²) in [4.78, 5) is 12.0. The summed E-state index contributed by atoms with van der Waals surface area (Å²) in [5.74, 6) is -0.109. The molecule has 134 valence electrons. The first-order chi connectivity index (χ1) is 11.8. The van der Waals surface area contributed by atoms with Crippen molar-refractivity contribution in [2.45, 2.75) is 31.2 Å². The van der Waals surface area contributed by atoms with E-state index in [1.807, 2.05) is 19.9 Å². The number of benzene rings is 2. The maximum absolute atomic E-state index is 12.2. The van der Waals surface area contributed by atoms with Crippen LogP contribution in [-0.4, -0.2) is 20.9 Å². The lowest BCUT2D eigenvalue weighted by atomic mass is 10.0. The van der Waals surface area contributed by atoms with Gasteiger partial charge in [-0.2, -0.15) is 0 Å². The van der Waals surface area contributed by atoms with E-state index >= 15 is 0 Å². The van der Waals surface area contributed by atoms with Crippen LogP contribution in [0.4, 0.5) is 0 Å². The van der Waals surface area contributed by atoms with Crippen LogP contribution in [0.2, 0.25) is 5.02 Å². The normalized spacial score (nSPS) is 11.5. The van der Waals surface area contributed by atoms with Crippen molar-refractivity contribution < 1.29 is 13.2 Å². The lowest BCUT2D eigenvalue weighted by molar-refractivity contribution is -0.120. The van der Waals surface area contributed by atoms with E-state index in [1.165, 1.54) is 0 Å². The van der Waals surface area contributed by atoms with Gasteiger partial charge in [-0.25, -0.2) is 13.1 Å². The summed E-state index contributed by atoms with van der Waals surface area (Å²) >= 11 is 6.01. The number of rotatable bonds is 7. The average Bonchev–Trinajstić information content (AvgIpc) is 2.59. The molecule has 2 N–H and O–H groups in total. The second kappa shape index (κ2) is 8.47. The van der Waals surface area contributed by atoms with Crippen LogP contribution in [0.5, 0.6) is 0 Å². The van der Waals surface area contributed by atoms with Crippen LogP contribution in [0, 0.1) is 0 Å². The molecule has 0 radical (unpaired) electrons. The van der Waals surface area contributed by atoms with Crippen molar-refractivity contribution in [3.05, 3.63) is 64.7 Å². The molecule has 25 heavy (non-hydrogen) atoms. The Bertz CT molecular complexity index is 834. The summed E-state index contributed by atoms with van der Waals surface area (Å²) < 4.78 is 26.8. The van der Waals surface area contributed by atoms with E-state index in [0.29, 0.717) is 10.9 Å². The minimum absolute atomic E-state index is 0.135. The highest BCUT2D eigenvalue weighted by atomic mass is 35.5. The van der Waals surface area contributed by atoms with Crippen molar-refractivity contribution in [2.24, 2.45) is 0 Å². The van der Waals surface area contributed by atoms with Crippen LogP contribution < -0.4 is 10.0 Å². The van der Waals surface area contributed by atoms with Gasteiger partial charge in [0.1, 0.15) is 0 Å². The molecule has 5 nitrogen and oxygen atoms in total. The highest BCUT2D eigenvalue weighted by Crippen LogP contribution is 2.17. The number of amides is 1. The topological polar surface area (TPSA) is 75.3 Å². The molecule has 7 heteroatoms. The third kappa shape index (κ3) is 5.56. The zero-order valence-electron chi connectivity index (χ0n) is 14.1. The number of carbonyl (C=O) groups excluding carboxylic acids is 1. The molecule has 2 aromatic rings. The van der Waals surface area contributed by atoms with Crippen molar-refractivity contribution in [1.82, 2.24) is 10.0 Å². The van der Waals surface area contributed by atoms with Gasteiger partial charge in [-0.3, -0.25) is 4.79 Å². The Hall–Kier alpha value is -1.89. The summed E-state index contributed by atoms with van der Waals surface area (Å²) in [5, 5.41) is 3.19. The van der Waals surface area contributed by atoms with Crippen LogP contribution >= 0.6 is 11.6 Å². The average molecular weight is 381 g/mol. The quantitative estimate of drug-likeness (QED) is 0.775. The smallest absolute Gasteiger partial charge is 0.241 e. The van der Waals surface area contributed by atoms with Gasteiger partial charge in [-0.05, 0) is 35.2 Å². The summed E-state index contributed by atoms with van der Waals surface area (Å²) in [6, 6.07) is 13.8. The van der Waals surface area contributed by atoms with E-state index < -0.39 is 15.9 Å². The molecule has 0 heterocycles. The van der Waals surface area contributed by atoms with Gasteiger partial charge in [-0.15, -0.1) is 0 Å². The summed E-state index contributed by atoms with van der Waals surface area (Å²) in [5.41, 5.74) is 1.82. The fraction of sp³-hybridized carbons (Fsp3) is 0.278. The van der Waals surface area contributed by atoms with Gasteiger partial charge >= 0.3 is 0 Å². The molecule has 1 amide bonds. The SMILES string of the molecule is CC(C)c1ccc(S(=O)(=O)NCC(=O)NCc2ccccc2Cl)cc1. The fourth-order valence-corrected chi connectivity index (χ4v) is 3.36. The van der Waals surface area contributed by atoms with Gasteiger partial charge in [-0.1, -0.05) is 55.8 Å². The molecule has 0 aromatic heterocycles. The Morgan fingerprint density at radius 2 is 1.72 bits per heavy atom. The maximum Gasteiger partial charge on any atom is 0.241 e. The first kappa shape index (κ1) is 19.4. The van der Waals surface area contributed by atoms with E-state index in [0.717, 1.165) is 11.1 Å². The molecule has 0 unspecified atom stereocenters. The molecule has 2 aromatic carbocycles. The molecule has 0 aliphatic heterocycles. The highest BCUT2D eigenvalue weighted by Gasteiger charge is 2.15. The number of halogens is 1. The maximum atomic E-state index is 12.2. The lowest BCUT2D eigenvalue weighted by Crippen LogP contribution is -2.36. The van der Waals surface area contributed by atoms with Gasteiger partial charge in [0.05, 0.1) is 11.4 Å². The first-order valence-electron chi connectivity index (χ1n) is 7.89. The molecule has 0 atom stereocenters. The molecule has 0 aliphatic carbocycles. The Morgan fingerprint density at radius 3 is 2.32 bits per heavy atom. The number of hydrogen-bond acceptors (Lipinski definition) is 3. The van der Waals surface area contributed by atoms with Crippen LogP contribution in [-0.2, 0) is 21.4 Å². The summed E-state index contributed by atoms with van der Waals surface area (Å²) in [6.07, 6.45) is 0. The largest absolute Gasteiger partial charge is 0.351 e. The van der Waals surface area contributed by atoms with Crippen molar-refractivity contribution in [3.8, 4) is 0 Å². The van der Waals surface area contributed by atoms with Gasteiger partial charge < -0.3 is 5.32 Å². The number of sulfonamides is 1. The van der Waals surface area contributed by atoms with Crippen molar-refractivity contribution >= 4 is 27.5 Å². The van der Waals surface area contributed by atoms with E-state index in [2.05, 4.69) is 10.0 Å². The highest BCUT2D eigenvalue weighted by molar-refractivity contribution is 7.89. The molecule has 0 fully saturated rings. The van der Waals surface area contributed by atoms with E-state index in [9.17, 15) is 13.2 Å².